The molecule has 0 radical (unpaired) electrons. The van der Waals surface area contributed by atoms with Gasteiger partial charge in [-0.25, -0.2) is 13.8 Å². The summed E-state index contributed by atoms with van der Waals surface area (Å²) in [5.41, 5.74) is 11.2. The van der Waals surface area contributed by atoms with Gasteiger partial charge in [-0.3, -0.25) is 4.79 Å². The lowest BCUT2D eigenvalue weighted by molar-refractivity contribution is -0.606. The fourth-order valence-electron chi connectivity index (χ4n) is 3.11. The monoisotopic (exact) mass is 378 g/mol. The number of hydrogen-bond donors (Lipinski definition) is 4. The Morgan fingerprint density at radius 2 is 1.96 bits per heavy atom. The number of halogens is 2. The molecule has 27 heavy (non-hydrogen) atoms. The first kappa shape index (κ1) is 18.8. The normalized spacial score (nSPS) is 19.5. The molecule has 2 heterocycles. The molecule has 1 saturated carbocycles. The van der Waals surface area contributed by atoms with Crippen molar-refractivity contribution in [3.8, 4) is 0 Å². The molecule has 2 atom stereocenters. The van der Waals surface area contributed by atoms with Crippen LogP contribution < -0.4 is 26.8 Å². The molecule has 6 N–H and O–H groups in total. The van der Waals surface area contributed by atoms with E-state index < -0.39 is 17.5 Å². The minimum Gasteiger partial charge on any atom is -0.619 e. The number of hydrogen-bond acceptors (Lipinski definition) is 6. The standard InChI is InChI=1S/C17H20F2N6O2/c18-9-5-10(8-25(27)7-9)22-16-11(15(21)26)6-12(19)17(24-16)23-14-4-2-1-3-13(14)20/h5-8,13-14H,1-4,20H2,(H2,21,26)(H2,22,23,24)/t13-,14+/m0/s1. The van der Waals surface area contributed by atoms with Gasteiger partial charge in [-0.1, -0.05) is 12.8 Å². The van der Waals surface area contributed by atoms with E-state index in [4.69, 9.17) is 11.5 Å². The fraction of sp³-hybridized carbons (Fsp3) is 0.353. The molecule has 1 fully saturated rings. The summed E-state index contributed by atoms with van der Waals surface area (Å²) in [6.07, 6.45) is 5.33. The largest absolute Gasteiger partial charge is 0.619 e. The second-order valence-corrected chi connectivity index (χ2v) is 6.51. The third-order valence-corrected chi connectivity index (χ3v) is 4.46. The first-order valence-corrected chi connectivity index (χ1v) is 8.52. The number of amides is 1. The summed E-state index contributed by atoms with van der Waals surface area (Å²) in [5.74, 6) is -2.66. The van der Waals surface area contributed by atoms with Crippen LogP contribution in [0.3, 0.4) is 0 Å². The molecule has 0 bridgehead atoms. The smallest absolute Gasteiger partial charge is 0.252 e. The molecular weight excluding hydrogens is 358 g/mol. The van der Waals surface area contributed by atoms with E-state index >= 15 is 0 Å². The highest BCUT2D eigenvalue weighted by Crippen LogP contribution is 2.26. The van der Waals surface area contributed by atoms with Crippen molar-refractivity contribution in [2.24, 2.45) is 11.5 Å². The summed E-state index contributed by atoms with van der Waals surface area (Å²) in [6.45, 7) is 0. The van der Waals surface area contributed by atoms with Gasteiger partial charge in [0, 0.05) is 18.2 Å². The Morgan fingerprint density at radius 3 is 2.63 bits per heavy atom. The second kappa shape index (κ2) is 7.70. The van der Waals surface area contributed by atoms with Crippen molar-refractivity contribution in [3.63, 3.8) is 0 Å². The van der Waals surface area contributed by atoms with Gasteiger partial charge in [0.25, 0.3) is 5.91 Å². The van der Waals surface area contributed by atoms with Crippen molar-refractivity contribution >= 4 is 23.2 Å². The Balaban J connectivity index is 1.94. The molecule has 0 aromatic carbocycles. The Kier molecular flexibility index (Phi) is 5.36. The van der Waals surface area contributed by atoms with E-state index in [2.05, 4.69) is 15.6 Å². The van der Waals surface area contributed by atoms with Crippen molar-refractivity contribution in [2.45, 2.75) is 37.8 Å². The fourth-order valence-corrected chi connectivity index (χ4v) is 3.11. The number of primary amides is 1. The quantitative estimate of drug-likeness (QED) is 0.460. The van der Waals surface area contributed by atoms with E-state index in [0.29, 0.717) is 0 Å². The van der Waals surface area contributed by atoms with Crippen LogP contribution in [-0.4, -0.2) is 23.0 Å². The first-order valence-electron chi connectivity index (χ1n) is 8.52. The van der Waals surface area contributed by atoms with Crippen LogP contribution >= 0.6 is 0 Å². The van der Waals surface area contributed by atoms with E-state index in [-0.39, 0.29) is 39.7 Å². The second-order valence-electron chi connectivity index (χ2n) is 6.51. The molecule has 144 valence electrons. The molecule has 3 rings (SSSR count). The average molecular weight is 378 g/mol. The Hall–Kier alpha value is -3.01. The zero-order chi connectivity index (χ0) is 19.6. The third kappa shape index (κ3) is 4.40. The van der Waals surface area contributed by atoms with E-state index in [0.717, 1.165) is 50.2 Å². The molecule has 8 nitrogen and oxygen atoms in total. The number of aromatic nitrogens is 2. The lowest BCUT2D eigenvalue weighted by Crippen LogP contribution is -2.43. The lowest BCUT2D eigenvalue weighted by Gasteiger charge is -2.30. The minimum atomic E-state index is -0.920. The maximum absolute atomic E-state index is 14.4. The summed E-state index contributed by atoms with van der Waals surface area (Å²) >= 11 is 0. The van der Waals surface area contributed by atoms with Gasteiger partial charge in [0.05, 0.1) is 5.56 Å². The summed E-state index contributed by atoms with van der Waals surface area (Å²) in [6, 6.07) is 1.67. The van der Waals surface area contributed by atoms with Gasteiger partial charge in [-0.2, -0.15) is 4.73 Å². The maximum Gasteiger partial charge on any atom is 0.252 e. The molecule has 0 spiro atoms. The number of carbonyl (C=O) groups is 1. The zero-order valence-corrected chi connectivity index (χ0v) is 14.4. The van der Waals surface area contributed by atoms with Gasteiger partial charge in [-0.05, 0) is 18.9 Å². The van der Waals surface area contributed by atoms with Crippen LogP contribution in [0.1, 0.15) is 36.0 Å². The van der Waals surface area contributed by atoms with Crippen molar-refractivity contribution in [3.05, 3.63) is 46.9 Å². The molecule has 2 aromatic rings. The van der Waals surface area contributed by atoms with Gasteiger partial charge in [0.1, 0.15) is 11.5 Å². The van der Waals surface area contributed by atoms with Gasteiger partial charge >= 0.3 is 0 Å². The highest BCUT2D eigenvalue weighted by Gasteiger charge is 2.24. The lowest BCUT2D eigenvalue weighted by atomic mass is 9.91. The first-order chi connectivity index (χ1) is 12.8. The van der Waals surface area contributed by atoms with E-state index in [1.165, 1.54) is 0 Å². The van der Waals surface area contributed by atoms with Crippen molar-refractivity contribution in [1.82, 2.24) is 4.98 Å². The summed E-state index contributed by atoms with van der Waals surface area (Å²) < 4.78 is 28.1. The molecule has 0 aliphatic heterocycles. The Labute approximate surface area is 154 Å². The Bertz CT molecular complexity index is 843. The van der Waals surface area contributed by atoms with Gasteiger partial charge in [-0.15, -0.1) is 0 Å². The number of nitrogens with two attached hydrogens (primary N) is 2. The van der Waals surface area contributed by atoms with Gasteiger partial charge < -0.3 is 27.3 Å². The van der Waals surface area contributed by atoms with E-state index in [1.807, 2.05) is 0 Å². The number of carbonyl (C=O) groups excluding carboxylic acids is 1. The van der Waals surface area contributed by atoms with Crippen LogP contribution in [0, 0.1) is 16.8 Å². The zero-order valence-electron chi connectivity index (χ0n) is 14.4. The Morgan fingerprint density at radius 1 is 1.22 bits per heavy atom. The molecule has 0 unspecified atom stereocenters. The molecule has 2 aromatic heterocycles. The minimum absolute atomic E-state index is 0.0342. The van der Waals surface area contributed by atoms with Gasteiger partial charge in [0.2, 0.25) is 12.4 Å². The molecule has 0 saturated heterocycles. The van der Waals surface area contributed by atoms with E-state index in [1.54, 1.807) is 0 Å². The number of nitrogens with zero attached hydrogens (tertiary/aromatic N) is 2. The number of pyridine rings is 2. The number of anilines is 3. The molecule has 1 amide bonds. The molecule has 1 aliphatic rings. The van der Waals surface area contributed by atoms with Crippen LogP contribution in [0.4, 0.5) is 26.1 Å². The van der Waals surface area contributed by atoms with E-state index in [9.17, 15) is 18.8 Å². The maximum atomic E-state index is 14.4. The molecule has 1 aliphatic carbocycles. The third-order valence-electron chi connectivity index (χ3n) is 4.46. The highest BCUT2D eigenvalue weighted by atomic mass is 19.1. The van der Waals surface area contributed by atoms with Crippen LogP contribution in [0.25, 0.3) is 0 Å². The number of rotatable bonds is 5. The molecular formula is C17H20F2N6O2. The van der Waals surface area contributed by atoms with Crippen LogP contribution in [0.5, 0.6) is 0 Å². The summed E-state index contributed by atoms with van der Waals surface area (Å²) in [5, 5.41) is 17.0. The van der Waals surface area contributed by atoms with Gasteiger partial charge in [0.15, 0.2) is 17.5 Å². The summed E-state index contributed by atoms with van der Waals surface area (Å²) in [4.78, 5) is 15.7. The molecule has 10 heteroatoms. The SMILES string of the molecule is NC(=O)c1cc(F)c(N[C@@H]2CCCC[C@@H]2N)nc1Nc1cc(F)c[n+]([O-])c1. The van der Waals surface area contributed by atoms with Crippen molar-refractivity contribution in [1.29, 1.82) is 0 Å². The van der Waals surface area contributed by atoms with Crippen molar-refractivity contribution in [2.75, 3.05) is 10.6 Å². The summed E-state index contributed by atoms with van der Waals surface area (Å²) in [7, 11) is 0. The predicted octanol–water partition coefficient (Wildman–Crippen LogP) is 1.52. The van der Waals surface area contributed by atoms with Crippen LogP contribution in [-0.2, 0) is 0 Å². The van der Waals surface area contributed by atoms with Crippen LogP contribution in [0.15, 0.2) is 24.5 Å². The predicted molar refractivity (Wildman–Crippen MR) is 95.2 cm³/mol. The number of nitrogens with one attached hydrogen (secondary N) is 2. The highest BCUT2D eigenvalue weighted by molar-refractivity contribution is 5.98. The van der Waals surface area contributed by atoms with Crippen LogP contribution in [0.2, 0.25) is 0 Å². The average Bonchev–Trinajstić information content (AvgIpc) is 2.58. The van der Waals surface area contributed by atoms with Crippen molar-refractivity contribution < 1.29 is 18.3 Å². The topological polar surface area (TPSA) is 133 Å².